The van der Waals surface area contributed by atoms with Crippen molar-refractivity contribution in [1.29, 1.82) is 0 Å². The molecule has 2 amide bonds. The molecule has 7 nitrogen and oxygen atoms in total. The second-order valence-electron chi connectivity index (χ2n) is 9.12. The number of carbonyl (C=O) groups is 2. The number of sulfonamides is 1. The van der Waals surface area contributed by atoms with E-state index in [1.54, 1.807) is 30.3 Å². The zero-order valence-corrected chi connectivity index (χ0v) is 23.8. The molecule has 1 atom stereocenters. The fourth-order valence-electron chi connectivity index (χ4n) is 3.85. The fraction of sp³-hybridized carbons (Fsp3) is 0.462. The predicted octanol–water partition coefficient (Wildman–Crippen LogP) is 5.18. The van der Waals surface area contributed by atoms with E-state index in [9.17, 15) is 18.0 Å². The molecule has 36 heavy (non-hydrogen) atoms. The van der Waals surface area contributed by atoms with Crippen molar-refractivity contribution < 1.29 is 18.0 Å². The Hall–Kier alpha value is -2.29. The lowest BCUT2D eigenvalue weighted by Gasteiger charge is -2.32. The van der Waals surface area contributed by atoms with E-state index < -0.39 is 16.1 Å². The molecule has 0 aliphatic rings. The molecule has 0 radical (unpaired) electrons. The summed E-state index contributed by atoms with van der Waals surface area (Å²) in [6.07, 6.45) is 1.91. The molecule has 10 heteroatoms. The van der Waals surface area contributed by atoms with E-state index in [1.807, 2.05) is 39.8 Å². The van der Waals surface area contributed by atoms with Gasteiger partial charge in [0.2, 0.25) is 21.8 Å². The molecular weight excluding hydrogens is 521 g/mol. The Bertz CT molecular complexity index is 1150. The van der Waals surface area contributed by atoms with Crippen molar-refractivity contribution in [3.63, 3.8) is 0 Å². The molecular formula is C26H35Cl2N3O4S. The monoisotopic (exact) mass is 555 g/mol. The highest BCUT2D eigenvalue weighted by Crippen LogP contribution is 2.25. The van der Waals surface area contributed by atoms with Gasteiger partial charge in [-0.15, -0.1) is 0 Å². The van der Waals surface area contributed by atoms with Crippen LogP contribution in [0, 0.1) is 6.92 Å². The Morgan fingerprint density at radius 1 is 1.06 bits per heavy atom. The molecule has 0 aliphatic carbocycles. The Morgan fingerprint density at radius 3 is 2.22 bits per heavy atom. The number of aryl methyl sites for hydroxylation is 1. The van der Waals surface area contributed by atoms with Crippen molar-refractivity contribution in [3.05, 3.63) is 63.6 Å². The van der Waals surface area contributed by atoms with Gasteiger partial charge in [0.15, 0.2) is 0 Å². The predicted molar refractivity (Wildman–Crippen MR) is 147 cm³/mol. The van der Waals surface area contributed by atoms with Crippen LogP contribution >= 0.6 is 23.2 Å². The summed E-state index contributed by atoms with van der Waals surface area (Å²) in [6.45, 7) is 7.76. The molecule has 0 aromatic heterocycles. The zero-order chi connectivity index (χ0) is 27.0. The summed E-state index contributed by atoms with van der Waals surface area (Å²) in [4.78, 5) is 27.9. The lowest BCUT2D eigenvalue weighted by Crippen LogP contribution is -2.50. The van der Waals surface area contributed by atoms with Gasteiger partial charge in [0.25, 0.3) is 0 Å². The van der Waals surface area contributed by atoms with E-state index in [0.29, 0.717) is 27.7 Å². The van der Waals surface area contributed by atoms with Crippen LogP contribution in [0.5, 0.6) is 0 Å². The van der Waals surface area contributed by atoms with Gasteiger partial charge in [-0.3, -0.25) is 13.9 Å². The number of hydrogen-bond acceptors (Lipinski definition) is 4. The van der Waals surface area contributed by atoms with Gasteiger partial charge in [0.05, 0.1) is 11.9 Å². The summed E-state index contributed by atoms with van der Waals surface area (Å²) in [5.41, 5.74) is 2.23. The maximum absolute atomic E-state index is 13.4. The molecule has 2 aromatic rings. The summed E-state index contributed by atoms with van der Waals surface area (Å²) < 4.78 is 26.2. The van der Waals surface area contributed by atoms with Gasteiger partial charge in [-0.2, -0.15) is 0 Å². The van der Waals surface area contributed by atoms with Crippen LogP contribution in [0.25, 0.3) is 0 Å². The first-order valence-corrected chi connectivity index (χ1v) is 14.5. The third-order valence-corrected chi connectivity index (χ3v) is 7.43. The van der Waals surface area contributed by atoms with Gasteiger partial charge in [-0.05, 0) is 63.4 Å². The van der Waals surface area contributed by atoms with Crippen molar-refractivity contribution >= 4 is 50.7 Å². The minimum absolute atomic E-state index is 0.0640. The Labute approximate surface area is 224 Å². The standard InChI is InChI=1S/C26H35Cl2N3O4S/c1-6-24(26(33)29-18(2)3)30(17-20-11-12-21(27)16-23(20)28)25(32)8-7-15-31(36(5,34)35)22-13-9-19(4)10-14-22/h9-14,16,18,24H,6-8,15,17H2,1-5H3,(H,29,33)/t24-/m1/s1. The maximum atomic E-state index is 13.4. The van der Waals surface area contributed by atoms with E-state index >= 15 is 0 Å². The number of nitrogens with one attached hydrogen (secondary N) is 1. The van der Waals surface area contributed by atoms with E-state index in [-0.39, 0.29) is 43.8 Å². The first-order valence-electron chi connectivity index (χ1n) is 11.9. The molecule has 0 fully saturated rings. The summed E-state index contributed by atoms with van der Waals surface area (Å²) in [5, 5.41) is 3.76. The molecule has 0 spiro atoms. The molecule has 0 heterocycles. The number of benzene rings is 2. The summed E-state index contributed by atoms with van der Waals surface area (Å²) in [7, 11) is -3.54. The molecule has 0 saturated carbocycles. The Balaban J connectivity index is 2.25. The molecule has 0 saturated heterocycles. The first-order chi connectivity index (χ1) is 16.8. The van der Waals surface area contributed by atoms with Gasteiger partial charge < -0.3 is 10.2 Å². The van der Waals surface area contributed by atoms with E-state index in [4.69, 9.17) is 23.2 Å². The normalized spacial score (nSPS) is 12.3. The van der Waals surface area contributed by atoms with Crippen LogP contribution in [0.3, 0.4) is 0 Å². The van der Waals surface area contributed by atoms with Gasteiger partial charge in [-0.25, -0.2) is 8.42 Å². The fourth-order valence-corrected chi connectivity index (χ4v) is 5.28. The third kappa shape index (κ3) is 8.68. The van der Waals surface area contributed by atoms with Gasteiger partial charge in [-0.1, -0.05) is 53.9 Å². The second kappa shape index (κ2) is 13.3. The summed E-state index contributed by atoms with van der Waals surface area (Å²) in [6, 6.07) is 11.4. The quantitative estimate of drug-likeness (QED) is 0.391. The molecule has 2 rings (SSSR count). The zero-order valence-electron chi connectivity index (χ0n) is 21.4. The number of halogens is 2. The van der Waals surface area contributed by atoms with Crippen LogP contribution < -0.4 is 9.62 Å². The number of amides is 2. The summed E-state index contributed by atoms with van der Waals surface area (Å²) in [5.74, 6) is -0.507. The highest BCUT2D eigenvalue weighted by atomic mass is 35.5. The smallest absolute Gasteiger partial charge is 0.243 e. The van der Waals surface area contributed by atoms with Crippen LogP contribution in [-0.4, -0.2) is 50.0 Å². The number of rotatable bonds is 12. The minimum Gasteiger partial charge on any atom is -0.352 e. The Morgan fingerprint density at radius 2 is 1.69 bits per heavy atom. The van der Waals surface area contributed by atoms with E-state index in [1.165, 1.54) is 9.21 Å². The molecule has 0 bridgehead atoms. The second-order valence-corrected chi connectivity index (χ2v) is 11.9. The van der Waals surface area contributed by atoms with Crippen molar-refractivity contribution in [2.45, 2.75) is 65.6 Å². The minimum atomic E-state index is -3.54. The van der Waals surface area contributed by atoms with Crippen molar-refractivity contribution in [2.75, 3.05) is 17.1 Å². The first kappa shape index (κ1) is 29.9. The van der Waals surface area contributed by atoms with Gasteiger partial charge >= 0.3 is 0 Å². The van der Waals surface area contributed by atoms with Crippen molar-refractivity contribution in [3.8, 4) is 0 Å². The topological polar surface area (TPSA) is 86.8 Å². The third-order valence-electron chi connectivity index (χ3n) is 5.65. The Kier molecular flexibility index (Phi) is 11.1. The van der Waals surface area contributed by atoms with Crippen LogP contribution in [-0.2, 0) is 26.2 Å². The SMILES string of the molecule is CC[C@H](C(=O)NC(C)C)N(Cc1ccc(Cl)cc1Cl)C(=O)CCCN(c1ccc(C)cc1)S(C)(=O)=O. The number of carbonyl (C=O) groups excluding carboxylic acids is 2. The van der Waals surface area contributed by atoms with Crippen molar-refractivity contribution in [1.82, 2.24) is 10.2 Å². The highest BCUT2D eigenvalue weighted by Gasteiger charge is 2.29. The van der Waals surface area contributed by atoms with Crippen LogP contribution in [0.15, 0.2) is 42.5 Å². The highest BCUT2D eigenvalue weighted by molar-refractivity contribution is 7.92. The van der Waals surface area contributed by atoms with Crippen LogP contribution in [0.1, 0.15) is 51.2 Å². The number of hydrogen-bond donors (Lipinski definition) is 1. The average molecular weight is 557 g/mol. The number of nitrogens with zero attached hydrogens (tertiary/aromatic N) is 2. The lowest BCUT2D eigenvalue weighted by atomic mass is 10.1. The van der Waals surface area contributed by atoms with Gasteiger partial charge in [0.1, 0.15) is 6.04 Å². The molecule has 0 aliphatic heterocycles. The summed E-state index contributed by atoms with van der Waals surface area (Å²) >= 11 is 12.4. The maximum Gasteiger partial charge on any atom is 0.243 e. The lowest BCUT2D eigenvalue weighted by molar-refractivity contribution is -0.141. The van der Waals surface area contributed by atoms with Crippen LogP contribution in [0.2, 0.25) is 10.0 Å². The largest absolute Gasteiger partial charge is 0.352 e. The van der Waals surface area contributed by atoms with E-state index in [2.05, 4.69) is 5.32 Å². The number of anilines is 1. The molecule has 2 aromatic carbocycles. The molecule has 0 unspecified atom stereocenters. The molecule has 198 valence electrons. The molecule has 1 N–H and O–H groups in total. The average Bonchev–Trinajstić information content (AvgIpc) is 2.77. The van der Waals surface area contributed by atoms with Crippen molar-refractivity contribution in [2.24, 2.45) is 0 Å². The van der Waals surface area contributed by atoms with Gasteiger partial charge in [0, 0.05) is 35.6 Å². The van der Waals surface area contributed by atoms with Crippen LogP contribution in [0.4, 0.5) is 5.69 Å². The van der Waals surface area contributed by atoms with E-state index in [0.717, 1.165) is 11.8 Å².